The van der Waals surface area contributed by atoms with Gasteiger partial charge in [0.1, 0.15) is 16.8 Å². The highest BCUT2D eigenvalue weighted by Crippen LogP contribution is 2.30. The Morgan fingerprint density at radius 2 is 1.82 bits per heavy atom. The molecule has 6 nitrogen and oxygen atoms in total. The summed E-state index contributed by atoms with van der Waals surface area (Å²) in [6.45, 7) is 8.72. The Labute approximate surface area is 129 Å². The average Bonchev–Trinajstić information content (AvgIpc) is 2.87. The molecule has 6 heteroatoms. The molecule has 0 amide bonds. The molecule has 0 atom stereocenters. The Balaban J connectivity index is 2.31. The number of hydrogen-bond acceptors (Lipinski definition) is 6. The third-order valence-electron chi connectivity index (χ3n) is 3.03. The van der Waals surface area contributed by atoms with Crippen molar-refractivity contribution in [2.24, 2.45) is 0 Å². The maximum atomic E-state index is 12.3. The molecule has 1 aromatic carbocycles. The second-order valence-electron chi connectivity index (χ2n) is 6.57. The van der Waals surface area contributed by atoms with Crippen molar-refractivity contribution >= 4 is 5.97 Å². The molecule has 0 saturated carbocycles. The lowest BCUT2D eigenvalue weighted by Crippen LogP contribution is -2.37. The lowest BCUT2D eigenvalue weighted by molar-refractivity contribution is -0.161. The summed E-state index contributed by atoms with van der Waals surface area (Å²) < 4.78 is 10.6. The zero-order valence-corrected chi connectivity index (χ0v) is 13.4. The van der Waals surface area contributed by atoms with E-state index in [0.29, 0.717) is 5.56 Å². The molecule has 118 valence electrons. The number of phenols is 1. The normalized spacial score (nSPS) is 12.2. The smallest absolute Gasteiger partial charge is 0.319 e. The van der Waals surface area contributed by atoms with Gasteiger partial charge in [0.05, 0.1) is 5.56 Å². The maximum absolute atomic E-state index is 12.3. The number of benzene rings is 1. The molecule has 2 rings (SSSR count). The van der Waals surface area contributed by atoms with Gasteiger partial charge in [-0.2, -0.15) is 4.98 Å². The number of esters is 1. The predicted octanol–water partition coefficient (Wildman–Crippen LogP) is 3.06. The molecule has 1 aromatic heterocycles. The number of aromatic nitrogens is 2. The van der Waals surface area contributed by atoms with Crippen LogP contribution in [0.1, 0.15) is 40.4 Å². The number of aromatic hydroxyl groups is 1. The molecule has 0 aliphatic carbocycles. The topological polar surface area (TPSA) is 85.5 Å². The van der Waals surface area contributed by atoms with E-state index in [4.69, 9.17) is 9.26 Å². The zero-order valence-electron chi connectivity index (χ0n) is 13.4. The van der Waals surface area contributed by atoms with E-state index in [9.17, 15) is 9.90 Å². The van der Waals surface area contributed by atoms with Gasteiger partial charge in [-0.3, -0.25) is 4.79 Å². The van der Waals surface area contributed by atoms with E-state index in [1.807, 2.05) is 0 Å². The number of carbonyl (C=O) groups excluding carboxylic acids is 1. The van der Waals surface area contributed by atoms with E-state index < -0.39 is 17.0 Å². The van der Waals surface area contributed by atoms with Gasteiger partial charge in [-0.25, -0.2) is 0 Å². The predicted molar refractivity (Wildman–Crippen MR) is 80.3 cm³/mol. The first kappa shape index (κ1) is 16.0. The summed E-state index contributed by atoms with van der Waals surface area (Å²) in [4.78, 5) is 16.5. The van der Waals surface area contributed by atoms with Crippen molar-refractivity contribution in [3.8, 4) is 17.2 Å². The van der Waals surface area contributed by atoms with Crippen LogP contribution in [0, 0.1) is 0 Å². The van der Waals surface area contributed by atoms with Crippen LogP contribution in [0.25, 0.3) is 11.5 Å². The van der Waals surface area contributed by atoms with Crippen molar-refractivity contribution in [1.82, 2.24) is 10.1 Å². The number of carbonyl (C=O) groups is 1. The summed E-state index contributed by atoms with van der Waals surface area (Å²) in [5.41, 5.74) is -1.24. The summed E-state index contributed by atoms with van der Waals surface area (Å²) >= 11 is 0. The van der Waals surface area contributed by atoms with Gasteiger partial charge in [0.25, 0.3) is 5.89 Å². The van der Waals surface area contributed by atoms with E-state index in [1.54, 1.807) is 52.8 Å². The number of hydrogen-bond donors (Lipinski definition) is 1. The Bertz CT molecular complexity index is 683. The van der Waals surface area contributed by atoms with Crippen molar-refractivity contribution in [3.05, 3.63) is 30.1 Å². The fourth-order valence-electron chi connectivity index (χ4n) is 1.74. The summed E-state index contributed by atoms with van der Waals surface area (Å²) in [5.74, 6) is -0.0397. The van der Waals surface area contributed by atoms with Crippen LogP contribution in [0.15, 0.2) is 28.8 Å². The number of phenolic OH excluding ortho intramolecular Hbond substituents is 1. The quantitative estimate of drug-likeness (QED) is 0.877. The summed E-state index contributed by atoms with van der Waals surface area (Å²) in [5, 5.41) is 13.7. The lowest BCUT2D eigenvalue weighted by atomic mass is 9.92. The maximum Gasteiger partial charge on any atom is 0.319 e. The third kappa shape index (κ3) is 3.27. The van der Waals surface area contributed by atoms with Gasteiger partial charge in [0.2, 0.25) is 0 Å². The van der Waals surface area contributed by atoms with Gasteiger partial charge in [-0.05, 0) is 46.8 Å². The van der Waals surface area contributed by atoms with Gasteiger partial charge in [0.15, 0.2) is 5.82 Å². The van der Waals surface area contributed by atoms with Crippen molar-refractivity contribution in [2.75, 3.05) is 0 Å². The Hall–Kier alpha value is -2.37. The van der Waals surface area contributed by atoms with Crippen molar-refractivity contribution in [1.29, 1.82) is 0 Å². The summed E-state index contributed by atoms with van der Waals surface area (Å²) in [6.07, 6.45) is 0. The molecule has 0 aliphatic rings. The van der Waals surface area contributed by atoms with Gasteiger partial charge in [-0.15, -0.1) is 0 Å². The fraction of sp³-hybridized carbons (Fsp3) is 0.438. The summed E-state index contributed by atoms with van der Waals surface area (Å²) in [7, 11) is 0. The van der Waals surface area contributed by atoms with Crippen LogP contribution in [-0.2, 0) is 14.9 Å². The number of ether oxygens (including phenoxy) is 1. The average molecular weight is 304 g/mol. The van der Waals surface area contributed by atoms with Gasteiger partial charge < -0.3 is 14.4 Å². The van der Waals surface area contributed by atoms with E-state index in [2.05, 4.69) is 10.1 Å². The fourth-order valence-corrected chi connectivity index (χ4v) is 1.74. The van der Waals surface area contributed by atoms with Gasteiger partial charge in [0, 0.05) is 0 Å². The zero-order chi connectivity index (χ0) is 16.5. The molecule has 0 spiro atoms. The first-order chi connectivity index (χ1) is 10.1. The van der Waals surface area contributed by atoms with Crippen LogP contribution < -0.4 is 0 Å². The molecular formula is C16H20N2O4. The number of para-hydroxylation sites is 1. The van der Waals surface area contributed by atoms with Crippen molar-refractivity contribution in [3.63, 3.8) is 0 Å². The number of rotatable bonds is 3. The molecule has 0 aliphatic heterocycles. The molecule has 0 fully saturated rings. The van der Waals surface area contributed by atoms with Crippen LogP contribution in [0.3, 0.4) is 0 Å². The monoisotopic (exact) mass is 304 g/mol. The van der Waals surface area contributed by atoms with E-state index >= 15 is 0 Å². The van der Waals surface area contributed by atoms with Crippen LogP contribution in [-0.4, -0.2) is 26.8 Å². The minimum Gasteiger partial charge on any atom is -0.507 e. The van der Waals surface area contributed by atoms with Crippen LogP contribution in [0.4, 0.5) is 0 Å². The molecular weight excluding hydrogens is 284 g/mol. The highest BCUT2D eigenvalue weighted by atomic mass is 16.6. The van der Waals surface area contributed by atoms with Crippen LogP contribution >= 0.6 is 0 Å². The minimum absolute atomic E-state index is 0.0350. The molecule has 22 heavy (non-hydrogen) atoms. The van der Waals surface area contributed by atoms with Crippen molar-refractivity contribution < 1.29 is 19.2 Å². The largest absolute Gasteiger partial charge is 0.507 e. The standard InChI is InChI=1S/C16H20N2O4/c1-15(2,3)21-14(20)16(4,5)13-17-12(22-18-13)10-8-6-7-9-11(10)19/h6-9,19H,1-5H3. The van der Waals surface area contributed by atoms with E-state index in [0.717, 1.165) is 0 Å². The molecule has 1 heterocycles. The second-order valence-corrected chi connectivity index (χ2v) is 6.57. The van der Waals surface area contributed by atoms with Gasteiger partial charge in [-0.1, -0.05) is 17.3 Å². The first-order valence-electron chi connectivity index (χ1n) is 6.97. The molecule has 0 unspecified atom stereocenters. The minimum atomic E-state index is -1.06. The number of nitrogens with zero attached hydrogens (tertiary/aromatic N) is 2. The lowest BCUT2D eigenvalue weighted by Gasteiger charge is -2.26. The third-order valence-corrected chi connectivity index (χ3v) is 3.03. The van der Waals surface area contributed by atoms with Gasteiger partial charge >= 0.3 is 5.97 Å². The Morgan fingerprint density at radius 1 is 1.18 bits per heavy atom. The van der Waals surface area contributed by atoms with Crippen LogP contribution in [0.2, 0.25) is 0 Å². The molecule has 0 radical (unpaired) electrons. The summed E-state index contributed by atoms with van der Waals surface area (Å²) in [6, 6.07) is 6.63. The molecule has 2 aromatic rings. The molecule has 0 saturated heterocycles. The second kappa shape index (κ2) is 5.44. The van der Waals surface area contributed by atoms with Crippen molar-refractivity contribution in [2.45, 2.75) is 45.6 Å². The first-order valence-corrected chi connectivity index (χ1v) is 6.97. The Morgan fingerprint density at radius 3 is 2.41 bits per heavy atom. The molecule has 1 N–H and O–H groups in total. The van der Waals surface area contributed by atoms with E-state index in [1.165, 1.54) is 6.07 Å². The molecule has 0 bridgehead atoms. The SMILES string of the molecule is CC(C)(C)OC(=O)C(C)(C)c1noc(-c2ccccc2O)n1. The van der Waals surface area contributed by atoms with Crippen LogP contribution in [0.5, 0.6) is 5.75 Å². The van der Waals surface area contributed by atoms with E-state index in [-0.39, 0.29) is 17.5 Å². The Kier molecular flexibility index (Phi) is 3.96. The highest BCUT2D eigenvalue weighted by molar-refractivity contribution is 5.81. The highest BCUT2D eigenvalue weighted by Gasteiger charge is 2.39.